The lowest BCUT2D eigenvalue weighted by molar-refractivity contribution is 0.101. The molecule has 0 unspecified atom stereocenters. The number of carbonyl (C=O) groups is 1. The number of aryl methyl sites for hydroxylation is 1. The van der Waals surface area contributed by atoms with Crippen molar-refractivity contribution in [1.82, 2.24) is 4.57 Å². The van der Waals surface area contributed by atoms with Crippen molar-refractivity contribution in [2.45, 2.75) is 19.9 Å². The molecule has 2 aromatic rings. The van der Waals surface area contributed by atoms with Crippen molar-refractivity contribution in [3.05, 3.63) is 23.9 Å². The molecule has 0 aliphatic rings. The fraction of sp³-hybridized carbons (Fsp3) is 0.400. The Balaban J connectivity index is 2.66. The van der Waals surface area contributed by atoms with Gasteiger partial charge < -0.3 is 19.1 Å². The number of methoxy groups -OCH3 is 2. The molecule has 0 fully saturated rings. The summed E-state index contributed by atoms with van der Waals surface area (Å²) < 4.78 is 12.5. The van der Waals surface area contributed by atoms with Crippen LogP contribution in [0, 0.1) is 0 Å². The highest BCUT2D eigenvalue weighted by Crippen LogP contribution is 2.34. The van der Waals surface area contributed by atoms with Crippen LogP contribution >= 0.6 is 0 Å². The second kappa shape index (κ2) is 5.96. The number of rotatable bonds is 6. The van der Waals surface area contributed by atoms with E-state index in [0.717, 1.165) is 10.9 Å². The molecule has 108 valence electrons. The minimum Gasteiger partial charge on any atom is -0.493 e. The molecule has 0 saturated carbocycles. The van der Waals surface area contributed by atoms with E-state index < -0.39 is 0 Å². The summed E-state index contributed by atoms with van der Waals surface area (Å²) in [6.45, 7) is 2.31. The van der Waals surface area contributed by atoms with Gasteiger partial charge in [0.1, 0.15) is 0 Å². The molecule has 0 aliphatic heterocycles. The number of nitrogens with zero attached hydrogens (tertiary/aromatic N) is 1. The maximum Gasteiger partial charge on any atom is 0.162 e. The molecule has 1 aromatic heterocycles. The highest BCUT2D eigenvalue weighted by Gasteiger charge is 2.16. The lowest BCUT2D eigenvalue weighted by atomic mass is 10.1. The summed E-state index contributed by atoms with van der Waals surface area (Å²) in [5.41, 5.74) is 1.56. The lowest BCUT2D eigenvalue weighted by Gasteiger charge is -2.09. The van der Waals surface area contributed by atoms with E-state index in [9.17, 15) is 4.79 Å². The molecule has 0 saturated heterocycles. The van der Waals surface area contributed by atoms with Gasteiger partial charge in [0.2, 0.25) is 0 Å². The third kappa shape index (κ3) is 2.49. The zero-order valence-electron chi connectivity index (χ0n) is 12.0. The first-order chi connectivity index (χ1) is 9.62. The Morgan fingerprint density at radius 1 is 1.25 bits per heavy atom. The van der Waals surface area contributed by atoms with Crippen LogP contribution in [0.2, 0.25) is 0 Å². The highest BCUT2D eigenvalue weighted by molar-refractivity contribution is 6.07. The Morgan fingerprint density at radius 3 is 2.45 bits per heavy atom. The van der Waals surface area contributed by atoms with Crippen LogP contribution in [0.1, 0.15) is 23.7 Å². The number of Topliss-reactive ketones (excluding diaryl/α,β-unsaturated/α-hetero) is 1. The quantitative estimate of drug-likeness (QED) is 0.823. The fourth-order valence-electron chi connectivity index (χ4n) is 2.32. The van der Waals surface area contributed by atoms with Crippen LogP contribution < -0.4 is 9.47 Å². The van der Waals surface area contributed by atoms with Crippen molar-refractivity contribution in [2.24, 2.45) is 0 Å². The predicted molar refractivity (Wildman–Crippen MR) is 76.7 cm³/mol. The van der Waals surface area contributed by atoms with Crippen LogP contribution in [0.3, 0.4) is 0 Å². The number of aromatic nitrogens is 1. The summed E-state index contributed by atoms with van der Waals surface area (Å²) in [4.78, 5) is 11.8. The van der Waals surface area contributed by atoms with Crippen molar-refractivity contribution < 1.29 is 19.4 Å². The van der Waals surface area contributed by atoms with Gasteiger partial charge in [-0.1, -0.05) is 0 Å². The van der Waals surface area contributed by atoms with Gasteiger partial charge >= 0.3 is 0 Å². The number of fused-ring (bicyclic) bond motifs is 1. The molecule has 0 amide bonds. The van der Waals surface area contributed by atoms with Gasteiger partial charge in [-0.05, 0) is 19.4 Å². The zero-order chi connectivity index (χ0) is 14.7. The van der Waals surface area contributed by atoms with Crippen molar-refractivity contribution in [1.29, 1.82) is 0 Å². The molecule has 1 aromatic carbocycles. The Bertz CT molecular complexity index is 630. The van der Waals surface area contributed by atoms with Gasteiger partial charge in [-0.2, -0.15) is 0 Å². The summed E-state index contributed by atoms with van der Waals surface area (Å²) in [6.07, 6.45) is 2.46. The Hall–Kier alpha value is -2.01. The van der Waals surface area contributed by atoms with Gasteiger partial charge in [-0.15, -0.1) is 0 Å². The summed E-state index contributed by atoms with van der Waals surface area (Å²) in [5.74, 6) is 1.23. The molecular formula is C15H19NO4. The van der Waals surface area contributed by atoms with Crippen LogP contribution in [0.4, 0.5) is 0 Å². The SMILES string of the molecule is COc1cc2c(C(C)=O)cn(CCCO)c2cc1OC. The predicted octanol–water partition coefficient (Wildman–Crippen LogP) is 2.24. The molecule has 5 nitrogen and oxygen atoms in total. The third-order valence-electron chi connectivity index (χ3n) is 3.32. The number of aliphatic hydroxyl groups excluding tert-OH is 1. The molecule has 5 heteroatoms. The lowest BCUT2D eigenvalue weighted by Crippen LogP contribution is -1.99. The van der Waals surface area contributed by atoms with Gasteiger partial charge in [0, 0.05) is 36.4 Å². The molecule has 1 N–H and O–H groups in total. The number of ketones is 1. The van der Waals surface area contributed by atoms with Crippen molar-refractivity contribution in [2.75, 3.05) is 20.8 Å². The number of benzene rings is 1. The molecular weight excluding hydrogens is 258 g/mol. The first-order valence-electron chi connectivity index (χ1n) is 6.49. The van der Waals surface area contributed by atoms with Crippen molar-refractivity contribution >= 4 is 16.7 Å². The van der Waals surface area contributed by atoms with Gasteiger partial charge in [-0.3, -0.25) is 4.79 Å². The van der Waals surface area contributed by atoms with E-state index in [1.165, 1.54) is 0 Å². The average molecular weight is 277 g/mol. The van der Waals surface area contributed by atoms with E-state index >= 15 is 0 Å². The van der Waals surface area contributed by atoms with Crippen LogP contribution in [0.5, 0.6) is 11.5 Å². The van der Waals surface area contributed by atoms with E-state index in [1.807, 2.05) is 22.9 Å². The van der Waals surface area contributed by atoms with Crippen molar-refractivity contribution in [3.63, 3.8) is 0 Å². The number of hydrogen-bond acceptors (Lipinski definition) is 4. The summed E-state index contributed by atoms with van der Waals surface area (Å²) >= 11 is 0. The highest BCUT2D eigenvalue weighted by atomic mass is 16.5. The third-order valence-corrected chi connectivity index (χ3v) is 3.32. The minimum atomic E-state index is 0.00460. The second-order valence-electron chi connectivity index (χ2n) is 4.59. The van der Waals surface area contributed by atoms with Crippen LogP contribution in [0.15, 0.2) is 18.3 Å². The van der Waals surface area contributed by atoms with Gasteiger partial charge in [0.25, 0.3) is 0 Å². The maximum absolute atomic E-state index is 11.8. The Labute approximate surface area is 117 Å². The summed E-state index contributed by atoms with van der Waals surface area (Å²) in [5, 5.41) is 9.81. The summed E-state index contributed by atoms with van der Waals surface area (Å²) in [7, 11) is 3.15. The standard InChI is InChI=1S/C15H19NO4/c1-10(18)12-9-16(5-4-6-17)13-8-15(20-3)14(19-2)7-11(12)13/h7-9,17H,4-6H2,1-3H3. The van der Waals surface area contributed by atoms with E-state index in [4.69, 9.17) is 14.6 Å². The number of hydrogen-bond donors (Lipinski definition) is 1. The summed E-state index contributed by atoms with van der Waals surface area (Å²) in [6, 6.07) is 3.68. The molecule has 1 heterocycles. The van der Waals surface area contributed by atoms with Gasteiger partial charge in [0.15, 0.2) is 17.3 Å². The smallest absolute Gasteiger partial charge is 0.162 e. The van der Waals surface area contributed by atoms with Crippen LogP contribution in [-0.4, -0.2) is 36.3 Å². The largest absolute Gasteiger partial charge is 0.493 e. The van der Waals surface area contributed by atoms with Gasteiger partial charge in [0.05, 0.1) is 19.7 Å². The Kier molecular flexibility index (Phi) is 4.29. The van der Waals surface area contributed by atoms with E-state index in [2.05, 4.69) is 0 Å². The van der Waals surface area contributed by atoms with Crippen molar-refractivity contribution in [3.8, 4) is 11.5 Å². The Morgan fingerprint density at radius 2 is 1.90 bits per heavy atom. The first kappa shape index (κ1) is 14.4. The maximum atomic E-state index is 11.8. The number of carbonyl (C=O) groups excluding carboxylic acids is 1. The van der Waals surface area contributed by atoms with Gasteiger partial charge in [-0.25, -0.2) is 0 Å². The molecule has 0 bridgehead atoms. The second-order valence-corrected chi connectivity index (χ2v) is 4.59. The minimum absolute atomic E-state index is 0.00460. The van der Waals surface area contributed by atoms with Crippen LogP contribution in [-0.2, 0) is 6.54 Å². The first-order valence-corrected chi connectivity index (χ1v) is 6.49. The molecule has 20 heavy (non-hydrogen) atoms. The fourth-order valence-corrected chi connectivity index (χ4v) is 2.32. The molecule has 0 atom stereocenters. The van der Waals surface area contributed by atoms with Crippen LogP contribution in [0.25, 0.3) is 10.9 Å². The molecule has 0 spiro atoms. The van der Waals surface area contributed by atoms with E-state index in [1.54, 1.807) is 21.1 Å². The normalized spacial score (nSPS) is 10.8. The topological polar surface area (TPSA) is 60.7 Å². The molecule has 2 rings (SSSR count). The van der Waals surface area contributed by atoms with E-state index in [0.29, 0.717) is 30.0 Å². The van der Waals surface area contributed by atoms with E-state index in [-0.39, 0.29) is 12.4 Å². The zero-order valence-corrected chi connectivity index (χ0v) is 12.0. The number of aliphatic hydroxyl groups is 1. The number of ether oxygens (including phenoxy) is 2. The molecule has 0 radical (unpaired) electrons. The molecule has 0 aliphatic carbocycles. The monoisotopic (exact) mass is 277 g/mol. The average Bonchev–Trinajstić information content (AvgIpc) is 2.81.